The third-order valence-electron chi connectivity index (χ3n) is 3.71. The Labute approximate surface area is 117 Å². The van der Waals surface area contributed by atoms with Crippen LogP contribution in [-0.2, 0) is 14.8 Å². The van der Waals surface area contributed by atoms with Crippen LogP contribution in [0.4, 0.5) is 4.39 Å². The van der Waals surface area contributed by atoms with E-state index in [-0.39, 0.29) is 23.9 Å². The molecule has 2 rings (SSSR count). The first-order valence-corrected chi connectivity index (χ1v) is 7.73. The zero-order valence-electron chi connectivity index (χ0n) is 11.3. The van der Waals surface area contributed by atoms with Crippen molar-refractivity contribution in [2.24, 2.45) is 17.6 Å². The molecule has 1 aromatic rings. The van der Waals surface area contributed by atoms with Gasteiger partial charge in [0.1, 0.15) is 10.7 Å². The van der Waals surface area contributed by atoms with Gasteiger partial charge in [-0.3, -0.25) is 4.79 Å². The van der Waals surface area contributed by atoms with Crippen LogP contribution in [0.1, 0.15) is 12.5 Å². The summed E-state index contributed by atoms with van der Waals surface area (Å²) in [6.45, 7) is 3.48. The molecule has 0 spiro atoms. The van der Waals surface area contributed by atoms with Gasteiger partial charge in [-0.1, -0.05) is 19.1 Å². The predicted octanol–water partition coefficient (Wildman–Crippen LogP) is 0.876. The van der Waals surface area contributed by atoms with Crippen LogP contribution < -0.4 is 5.73 Å². The normalized spacial score (nSPS) is 23.9. The topological polar surface area (TPSA) is 80.5 Å². The molecule has 5 nitrogen and oxygen atoms in total. The number of halogens is 1. The third kappa shape index (κ3) is 2.43. The maximum atomic E-state index is 13.9. The minimum absolute atomic E-state index is 0.00656. The first kappa shape index (κ1) is 14.9. The number of carbonyl (C=O) groups excluding carboxylic acids is 1. The summed E-state index contributed by atoms with van der Waals surface area (Å²) in [6.07, 6.45) is 0. The minimum atomic E-state index is -3.95. The molecule has 2 atom stereocenters. The highest BCUT2D eigenvalue weighted by molar-refractivity contribution is 7.89. The highest BCUT2D eigenvalue weighted by Gasteiger charge is 2.41. The third-order valence-corrected chi connectivity index (χ3v) is 5.72. The Morgan fingerprint density at radius 3 is 2.55 bits per heavy atom. The van der Waals surface area contributed by atoms with Crippen LogP contribution in [0.5, 0.6) is 0 Å². The molecule has 1 aliphatic heterocycles. The molecule has 0 bridgehead atoms. The maximum Gasteiger partial charge on any atom is 0.246 e. The summed E-state index contributed by atoms with van der Waals surface area (Å²) in [4.78, 5) is 11.0. The van der Waals surface area contributed by atoms with Crippen molar-refractivity contribution in [1.82, 2.24) is 4.31 Å². The van der Waals surface area contributed by atoms with E-state index < -0.39 is 27.7 Å². The lowest BCUT2D eigenvalue weighted by molar-refractivity contribution is -0.122. The molecule has 0 saturated carbocycles. The number of carbonyl (C=O) groups is 1. The van der Waals surface area contributed by atoms with E-state index in [0.29, 0.717) is 5.56 Å². The predicted molar refractivity (Wildman–Crippen MR) is 71.7 cm³/mol. The van der Waals surface area contributed by atoms with Gasteiger partial charge in [0.2, 0.25) is 15.9 Å². The van der Waals surface area contributed by atoms with Crippen LogP contribution in [0.3, 0.4) is 0 Å². The van der Waals surface area contributed by atoms with Crippen molar-refractivity contribution in [3.63, 3.8) is 0 Å². The first-order chi connectivity index (χ1) is 9.25. The van der Waals surface area contributed by atoms with Gasteiger partial charge in [0.15, 0.2) is 0 Å². The molecule has 0 aromatic heterocycles. The van der Waals surface area contributed by atoms with Crippen molar-refractivity contribution in [1.29, 1.82) is 0 Å². The zero-order valence-corrected chi connectivity index (χ0v) is 12.2. The van der Waals surface area contributed by atoms with E-state index in [9.17, 15) is 17.6 Å². The van der Waals surface area contributed by atoms with Crippen LogP contribution in [0.25, 0.3) is 0 Å². The van der Waals surface area contributed by atoms with Crippen LogP contribution in [0.2, 0.25) is 0 Å². The van der Waals surface area contributed by atoms with E-state index in [1.807, 2.05) is 0 Å². The number of rotatable bonds is 3. The minimum Gasteiger partial charge on any atom is -0.369 e. The number of nitrogens with zero attached hydrogens (tertiary/aromatic N) is 1. The average Bonchev–Trinajstić information content (AvgIpc) is 2.71. The number of hydrogen-bond acceptors (Lipinski definition) is 3. The van der Waals surface area contributed by atoms with Gasteiger partial charge < -0.3 is 5.73 Å². The first-order valence-electron chi connectivity index (χ1n) is 6.29. The Morgan fingerprint density at radius 2 is 2.05 bits per heavy atom. The van der Waals surface area contributed by atoms with Gasteiger partial charge in [-0.2, -0.15) is 4.31 Å². The molecule has 2 N–H and O–H groups in total. The Balaban J connectivity index is 2.40. The lowest BCUT2D eigenvalue weighted by Crippen LogP contribution is -2.32. The van der Waals surface area contributed by atoms with Crippen molar-refractivity contribution in [3.05, 3.63) is 29.6 Å². The number of sulfonamides is 1. The number of hydrogen-bond donors (Lipinski definition) is 1. The molecule has 1 fully saturated rings. The van der Waals surface area contributed by atoms with Gasteiger partial charge in [-0.15, -0.1) is 0 Å². The second-order valence-electron chi connectivity index (χ2n) is 5.19. The van der Waals surface area contributed by atoms with Crippen molar-refractivity contribution < 1.29 is 17.6 Å². The van der Waals surface area contributed by atoms with E-state index in [4.69, 9.17) is 5.73 Å². The molecular weight excluding hydrogens is 283 g/mol. The van der Waals surface area contributed by atoms with Crippen LogP contribution in [0.15, 0.2) is 23.1 Å². The molecule has 1 amide bonds. The molecule has 0 unspecified atom stereocenters. The van der Waals surface area contributed by atoms with Gasteiger partial charge in [0.25, 0.3) is 0 Å². The number of primary amides is 1. The molecular formula is C13H17FN2O3S. The lowest BCUT2D eigenvalue weighted by Gasteiger charge is -2.18. The van der Waals surface area contributed by atoms with Gasteiger partial charge >= 0.3 is 0 Å². The van der Waals surface area contributed by atoms with Gasteiger partial charge in [0.05, 0.1) is 5.92 Å². The Hall–Kier alpha value is -1.47. The zero-order chi connectivity index (χ0) is 15.1. The summed E-state index contributed by atoms with van der Waals surface area (Å²) in [5, 5.41) is 0. The summed E-state index contributed by atoms with van der Waals surface area (Å²) >= 11 is 0. The van der Waals surface area contributed by atoms with Crippen LogP contribution in [-0.4, -0.2) is 31.7 Å². The summed E-state index contributed by atoms with van der Waals surface area (Å²) in [5.74, 6) is -2.01. The molecule has 1 saturated heterocycles. The van der Waals surface area contributed by atoms with Crippen molar-refractivity contribution in [2.75, 3.05) is 13.1 Å². The van der Waals surface area contributed by atoms with Crippen molar-refractivity contribution in [2.45, 2.75) is 18.7 Å². The smallest absolute Gasteiger partial charge is 0.246 e. The molecule has 20 heavy (non-hydrogen) atoms. The van der Waals surface area contributed by atoms with Crippen LogP contribution >= 0.6 is 0 Å². The molecule has 1 aliphatic rings. The molecule has 0 radical (unpaired) electrons. The highest BCUT2D eigenvalue weighted by Crippen LogP contribution is 2.30. The quantitative estimate of drug-likeness (QED) is 0.899. The average molecular weight is 300 g/mol. The molecule has 7 heteroatoms. The summed E-state index contributed by atoms with van der Waals surface area (Å²) < 4.78 is 40.0. The SMILES string of the molecule is Cc1cccc(F)c1S(=O)(=O)N1C[C@@H](C)[C@H](C(N)=O)C1. The molecule has 1 heterocycles. The van der Waals surface area contributed by atoms with Crippen LogP contribution in [0, 0.1) is 24.6 Å². The molecule has 1 aromatic carbocycles. The Bertz CT molecular complexity index is 625. The van der Waals surface area contributed by atoms with Gasteiger partial charge in [0, 0.05) is 13.1 Å². The summed E-state index contributed by atoms with van der Waals surface area (Å²) in [6, 6.07) is 4.12. The Morgan fingerprint density at radius 1 is 1.40 bits per heavy atom. The number of amides is 1. The second-order valence-corrected chi connectivity index (χ2v) is 7.07. The summed E-state index contributed by atoms with van der Waals surface area (Å²) in [5.41, 5.74) is 5.61. The Kier molecular flexibility index (Phi) is 3.84. The lowest BCUT2D eigenvalue weighted by atomic mass is 9.98. The van der Waals surface area contributed by atoms with Gasteiger partial charge in [-0.05, 0) is 24.5 Å². The fourth-order valence-corrected chi connectivity index (χ4v) is 4.40. The fourth-order valence-electron chi connectivity index (χ4n) is 2.56. The maximum absolute atomic E-state index is 13.9. The van der Waals surface area contributed by atoms with E-state index in [0.717, 1.165) is 10.4 Å². The highest BCUT2D eigenvalue weighted by atomic mass is 32.2. The number of benzene rings is 1. The largest absolute Gasteiger partial charge is 0.369 e. The van der Waals surface area contributed by atoms with Crippen molar-refractivity contribution in [3.8, 4) is 0 Å². The fraction of sp³-hybridized carbons (Fsp3) is 0.462. The van der Waals surface area contributed by atoms with E-state index in [1.165, 1.54) is 6.07 Å². The van der Waals surface area contributed by atoms with Gasteiger partial charge in [-0.25, -0.2) is 12.8 Å². The summed E-state index contributed by atoms with van der Waals surface area (Å²) in [7, 11) is -3.95. The van der Waals surface area contributed by atoms with E-state index in [2.05, 4.69) is 0 Å². The van der Waals surface area contributed by atoms with E-state index in [1.54, 1.807) is 19.9 Å². The standard InChI is InChI=1S/C13H17FN2O3S/c1-8-4-3-5-11(14)12(8)20(18,19)16-6-9(2)10(7-16)13(15)17/h3-5,9-10H,6-7H2,1-2H3,(H2,15,17)/t9-,10-/m1/s1. The second kappa shape index (κ2) is 5.14. The monoisotopic (exact) mass is 300 g/mol. The number of aryl methyl sites for hydroxylation is 1. The number of nitrogens with two attached hydrogens (primary N) is 1. The molecule has 0 aliphatic carbocycles. The molecule has 110 valence electrons. The van der Waals surface area contributed by atoms with E-state index >= 15 is 0 Å². The van der Waals surface area contributed by atoms with Crippen molar-refractivity contribution >= 4 is 15.9 Å².